The van der Waals surface area contributed by atoms with Crippen molar-refractivity contribution in [1.82, 2.24) is 10.6 Å². The van der Waals surface area contributed by atoms with Crippen LogP contribution in [0.5, 0.6) is 5.75 Å². The number of nitrogens with zero attached hydrogens (tertiary/aromatic N) is 1. The topological polar surface area (TPSA) is 54.9 Å². The second kappa shape index (κ2) is 9.30. The molecule has 0 unspecified atom stereocenters. The molecule has 1 fully saturated rings. The van der Waals surface area contributed by atoms with E-state index in [-0.39, 0.29) is 0 Å². The van der Waals surface area contributed by atoms with Crippen LogP contribution in [0.1, 0.15) is 25.3 Å². The molecule has 5 heteroatoms. The molecule has 1 aromatic carbocycles. The molecule has 0 aromatic heterocycles. The first-order valence-electron chi connectivity index (χ1n) is 8.06. The number of benzene rings is 1. The van der Waals surface area contributed by atoms with Crippen LogP contribution < -0.4 is 15.4 Å². The van der Waals surface area contributed by atoms with E-state index >= 15 is 0 Å². The highest BCUT2D eigenvalue weighted by molar-refractivity contribution is 5.79. The number of guanidine groups is 1. The van der Waals surface area contributed by atoms with Crippen LogP contribution in [0.15, 0.2) is 29.3 Å². The van der Waals surface area contributed by atoms with Crippen molar-refractivity contribution in [1.29, 1.82) is 0 Å². The lowest BCUT2D eigenvalue weighted by atomic mass is 10.2. The Morgan fingerprint density at radius 3 is 2.82 bits per heavy atom. The SMILES string of the molecule is CCOc1ccccc1CNC(=NC)NCCOCC1CC1. The average molecular weight is 305 g/mol. The van der Waals surface area contributed by atoms with Gasteiger partial charge in [-0.2, -0.15) is 0 Å². The molecule has 122 valence electrons. The summed E-state index contributed by atoms with van der Waals surface area (Å²) in [6, 6.07) is 8.05. The first-order valence-corrected chi connectivity index (χ1v) is 8.06. The summed E-state index contributed by atoms with van der Waals surface area (Å²) in [6.45, 7) is 5.72. The average Bonchev–Trinajstić information content (AvgIpc) is 3.36. The van der Waals surface area contributed by atoms with Crippen LogP contribution in [0.3, 0.4) is 0 Å². The van der Waals surface area contributed by atoms with Gasteiger partial charge in [0.05, 0.1) is 13.2 Å². The summed E-state index contributed by atoms with van der Waals surface area (Å²) in [5.41, 5.74) is 1.12. The predicted molar refractivity (Wildman–Crippen MR) is 89.4 cm³/mol. The Balaban J connectivity index is 1.68. The summed E-state index contributed by atoms with van der Waals surface area (Å²) in [6.07, 6.45) is 2.66. The van der Waals surface area contributed by atoms with E-state index in [1.165, 1.54) is 12.8 Å². The van der Waals surface area contributed by atoms with E-state index < -0.39 is 0 Å². The molecule has 0 spiro atoms. The molecule has 22 heavy (non-hydrogen) atoms. The van der Waals surface area contributed by atoms with E-state index in [0.29, 0.717) is 19.8 Å². The Morgan fingerprint density at radius 1 is 1.27 bits per heavy atom. The van der Waals surface area contributed by atoms with Gasteiger partial charge in [0, 0.05) is 32.3 Å². The van der Waals surface area contributed by atoms with Gasteiger partial charge in [-0.25, -0.2) is 0 Å². The molecule has 0 atom stereocenters. The molecule has 2 N–H and O–H groups in total. The highest BCUT2D eigenvalue weighted by Crippen LogP contribution is 2.28. The van der Waals surface area contributed by atoms with Crippen LogP contribution in [-0.2, 0) is 11.3 Å². The minimum Gasteiger partial charge on any atom is -0.494 e. The van der Waals surface area contributed by atoms with Crippen molar-refractivity contribution in [3.8, 4) is 5.75 Å². The zero-order chi connectivity index (χ0) is 15.6. The summed E-state index contributed by atoms with van der Waals surface area (Å²) in [4.78, 5) is 4.22. The van der Waals surface area contributed by atoms with E-state index in [2.05, 4.69) is 21.7 Å². The lowest BCUT2D eigenvalue weighted by molar-refractivity contribution is 0.129. The maximum Gasteiger partial charge on any atom is 0.191 e. The minimum absolute atomic E-state index is 0.669. The third-order valence-corrected chi connectivity index (χ3v) is 3.53. The molecular formula is C17H27N3O2. The molecule has 0 aliphatic heterocycles. The number of ether oxygens (including phenoxy) is 2. The minimum atomic E-state index is 0.669. The van der Waals surface area contributed by atoms with Gasteiger partial charge in [-0.1, -0.05) is 18.2 Å². The van der Waals surface area contributed by atoms with Gasteiger partial charge < -0.3 is 20.1 Å². The van der Waals surface area contributed by atoms with E-state index in [1.807, 2.05) is 25.1 Å². The van der Waals surface area contributed by atoms with Crippen LogP contribution in [-0.4, -0.2) is 39.4 Å². The van der Waals surface area contributed by atoms with Crippen molar-refractivity contribution >= 4 is 5.96 Å². The fourth-order valence-corrected chi connectivity index (χ4v) is 2.12. The summed E-state index contributed by atoms with van der Waals surface area (Å²) < 4.78 is 11.2. The number of hydrogen-bond acceptors (Lipinski definition) is 3. The third-order valence-electron chi connectivity index (χ3n) is 3.53. The summed E-state index contributed by atoms with van der Waals surface area (Å²) in [7, 11) is 1.77. The highest BCUT2D eigenvalue weighted by Gasteiger charge is 2.20. The molecule has 1 saturated carbocycles. The van der Waals surface area contributed by atoms with Crippen LogP contribution in [0, 0.1) is 5.92 Å². The predicted octanol–water partition coefficient (Wildman–Crippen LogP) is 2.18. The maximum atomic E-state index is 5.62. The lowest BCUT2D eigenvalue weighted by Crippen LogP contribution is -2.38. The van der Waals surface area contributed by atoms with Gasteiger partial charge in [0.2, 0.25) is 0 Å². The zero-order valence-electron chi connectivity index (χ0n) is 13.6. The zero-order valence-corrected chi connectivity index (χ0v) is 13.6. The first-order chi connectivity index (χ1) is 10.8. The van der Waals surface area contributed by atoms with Crippen molar-refractivity contribution in [3.05, 3.63) is 29.8 Å². The quantitative estimate of drug-likeness (QED) is 0.417. The smallest absolute Gasteiger partial charge is 0.191 e. The van der Waals surface area contributed by atoms with Crippen LogP contribution >= 0.6 is 0 Å². The molecule has 1 aliphatic carbocycles. The maximum absolute atomic E-state index is 5.62. The molecule has 0 heterocycles. The van der Waals surface area contributed by atoms with E-state index in [4.69, 9.17) is 9.47 Å². The van der Waals surface area contributed by atoms with Gasteiger partial charge >= 0.3 is 0 Å². The Labute approximate surface area is 133 Å². The summed E-state index contributed by atoms with van der Waals surface area (Å²) >= 11 is 0. The van der Waals surface area contributed by atoms with Gasteiger partial charge in [0.15, 0.2) is 5.96 Å². The summed E-state index contributed by atoms with van der Waals surface area (Å²) in [5, 5.41) is 6.56. The van der Waals surface area contributed by atoms with Crippen molar-refractivity contribution < 1.29 is 9.47 Å². The Kier molecular flexibility index (Phi) is 7.03. The molecule has 0 radical (unpaired) electrons. The molecule has 5 nitrogen and oxygen atoms in total. The summed E-state index contributed by atoms with van der Waals surface area (Å²) in [5.74, 6) is 2.51. The second-order valence-electron chi connectivity index (χ2n) is 5.41. The number of nitrogens with one attached hydrogen (secondary N) is 2. The van der Waals surface area contributed by atoms with E-state index in [0.717, 1.165) is 36.3 Å². The van der Waals surface area contributed by atoms with E-state index in [9.17, 15) is 0 Å². The second-order valence-corrected chi connectivity index (χ2v) is 5.41. The fourth-order valence-electron chi connectivity index (χ4n) is 2.12. The fraction of sp³-hybridized carbons (Fsp3) is 0.588. The van der Waals surface area contributed by atoms with Crippen LogP contribution in [0.25, 0.3) is 0 Å². The number of para-hydroxylation sites is 1. The molecule has 1 aromatic rings. The van der Waals surface area contributed by atoms with Crippen molar-refractivity contribution in [2.75, 3.05) is 33.4 Å². The van der Waals surface area contributed by atoms with Crippen LogP contribution in [0.4, 0.5) is 0 Å². The molecule has 1 aliphatic rings. The Hall–Kier alpha value is -1.75. The van der Waals surface area contributed by atoms with Crippen molar-refractivity contribution in [2.24, 2.45) is 10.9 Å². The van der Waals surface area contributed by atoms with Gasteiger partial charge in [-0.05, 0) is 31.7 Å². The van der Waals surface area contributed by atoms with Gasteiger partial charge in [-0.15, -0.1) is 0 Å². The Bertz CT molecular complexity index is 473. The van der Waals surface area contributed by atoms with Gasteiger partial charge in [0.25, 0.3) is 0 Å². The third kappa shape index (κ3) is 5.93. The van der Waals surface area contributed by atoms with E-state index in [1.54, 1.807) is 7.05 Å². The van der Waals surface area contributed by atoms with Crippen LogP contribution in [0.2, 0.25) is 0 Å². The number of aliphatic imine (C=N–C) groups is 1. The molecule has 2 rings (SSSR count). The first kappa shape index (κ1) is 16.6. The largest absolute Gasteiger partial charge is 0.494 e. The Morgan fingerprint density at radius 2 is 2.09 bits per heavy atom. The number of rotatable bonds is 9. The highest BCUT2D eigenvalue weighted by atomic mass is 16.5. The lowest BCUT2D eigenvalue weighted by Gasteiger charge is -2.14. The normalized spacial score (nSPS) is 14.7. The molecule has 0 amide bonds. The molecular weight excluding hydrogens is 278 g/mol. The number of hydrogen-bond donors (Lipinski definition) is 2. The van der Waals surface area contributed by atoms with Crippen molar-refractivity contribution in [3.63, 3.8) is 0 Å². The molecule has 0 bridgehead atoms. The molecule has 0 saturated heterocycles. The monoisotopic (exact) mass is 305 g/mol. The standard InChI is InChI=1S/C17H27N3O2/c1-3-22-16-7-5-4-6-15(16)12-20-17(18-2)19-10-11-21-13-14-8-9-14/h4-7,14H,3,8-13H2,1-2H3,(H2,18,19,20). The van der Waals surface area contributed by atoms with Gasteiger partial charge in [0.1, 0.15) is 5.75 Å². The van der Waals surface area contributed by atoms with Crippen molar-refractivity contribution in [2.45, 2.75) is 26.3 Å². The van der Waals surface area contributed by atoms with Gasteiger partial charge in [-0.3, -0.25) is 4.99 Å².